The zero-order valence-corrected chi connectivity index (χ0v) is 45.9. The molecule has 0 fully saturated rings. The second kappa shape index (κ2) is 17.7. The number of aromatic hydroxyl groups is 1. The topological polar surface area (TPSA) is 50.9 Å². The molecule has 0 amide bonds. The van der Waals surface area contributed by atoms with Crippen LogP contribution in [0.25, 0.3) is 72.7 Å². The molecular weight excluding hydrogens is 1050 g/mol. The monoisotopic (exact) mass is 1110 g/mol. The van der Waals surface area contributed by atoms with Crippen LogP contribution in [0.15, 0.2) is 158 Å². The Morgan fingerprint density at radius 2 is 1.13 bits per heavy atom. The van der Waals surface area contributed by atoms with E-state index in [-0.39, 0.29) is 53.9 Å². The standard InChI is InChI=1S/C66H66N3O.Pt/c1-62(2,3)45-31-32-57(50(36-45)41-23-16-14-17-24-41)69-58-30-22-28-48(59(58)68-61(69)51-37-46(63(4,5)6)38-55(60(51)70)64(7,8)9)42-33-43(35-47(34-42)65(10,11)44-25-18-15-19-26-44)56-39-54-52(40-67-56)49-27-20-21-29-53(49)66(54,12)13;/h14-32,34-40,70H,1-13H3;/q-1;. The van der Waals surface area contributed by atoms with Crippen molar-refractivity contribution in [1.82, 2.24) is 14.5 Å². The fourth-order valence-corrected chi connectivity index (χ4v) is 10.6. The number of pyridine rings is 1. The molecule has 4 nitrogen and oxygen atoms in total. The van der Waals surface area contributed by atoms with E-state index in [1.54, 1.807) is 0 Å². The van der Waals surface area contributed by atoms with Crippen molar-refractivity contribution in [1.29, 1.82) is 0 Å². The fourth-order valence-electron chi connectivity index (χ4n) is 10.6. The van der Waals surface area contributed by atoms with Gasteiger partial charge in [0.2, 0.25) is 0 Å². The number of para-hydroxylation sites is 1. The normalized spacial score (nSPS) is 13.5. The summed E-state index contributed by atoms with van der Waals surface area (Å²) in [6, 6.07) is 58.7. The van der Waals surface area contributed by atoms with Crippen LogP contribution in [0.5, 0.6) is 5.75 Å². The number of imidazole rings is 1. The number of rotatable bonds is 7. The van der Waals surface area contributed by atoms with Gasteiger partial charge in [-0.15, -0.1) is 29.3 Å². The summed E-state index contributed by atoms with van der Waals surface area (Å²) in [6.07, 6.45) is 2.06. The summed E-state index contributed by atoms with van der Waals surface area (Å²) in [6.45, 7) is 29.3. The second-order valence-corrected chi connectivity index (χ2v) is 23.7. The number of hydrogen-bond donors (Lipinski definition) is 1. The predicted molar refractivity (Wildman–Crippen MR) is 293 cm³/mol. The maximum absolute atomic E-state index is 12.7. The van der Waals surface area contributed by atoms with E-state index in [1.165, 1.54) is 33.4 Å². The van der Waals surface area contributed by atoms with Gasteiger partial charge in [0.15, 0.2) is 0 Å². The van der Waals surface area contributed by atoms with E-state index in [2.05, 4.69) is 258 Å². The van der Waals surface area contributed by atoms with Crippen molar-refractivity contribution < 1.29 is 26.2 Å². The van der Waals surface area contributed by atoms with Crippen LogP contribution in [-0.2, 0) is 48.1 Å². The number of benzene rings is 7. The summed E-state index contributed by atoms with van der Waals surface area (Å²) in [7, 11) is 0. The maximum atomic E-state index is 12.7. The third-order valence-corrected chi connectivity index (χ3v) is 15.0. The van der Waals surface area contributed by atoms with E-state index < -0.39 is 0 Å². The molecule has 362 valence electrons. The minimum atomic E-state index is -0.369. The SMILES string of the molecule is CC(C)(C)c1ccc(-n2c(-c3cc(C(C)(C)C)cc(C(C)(C)C)c3O)nc3c(-c4[c-]c(-c5cc6c(cn5)-c5ccccc5C6(C)C)cc(C(C)(C)c5ccccc5)c4)cccc32)c(-c2ccccc2)c1.[Pt]. The van der Waals surface area contributed by atoms with Gasteiger partial charge in [-0.05, 0) is 79.5 Å². The average Bonchev–Trinajstić information content (AvgIpc) is 3.82. The Hall–Kier alpha value is -6.35. The average molecular weight is 1110 g/mol. The van der Waals surface area contributed by atoms with Crippen LogP contribution in [0.4, 0.5) is 0 Å². The van der Waals surface area contributed by atoms with E-state index in [1.807, 2.05) is 0 Å². The molecule has 0 saturated carbocycles. The van der Waals surface area contributed by atoms with Crippen LogP contribution in [0.2, 0.25) is 0 Å². The van der Waals surface area contributed by atoms with E-state index in [4.69, 9.17) is 9.97 Å². The van der Waals surface area contributed by atoms with E-state index in [0.717, 1.165) is 66.9 Å². The molecule has 10 rings (SSSR count). The zero-order valence-electron chi connectivity index (χ0n) is 43.6. The summed E-state index contributed by atoms with van der Waals surface area (Å²) in [5.41, 5.74) is 18.8. The first kappa shape index (κ1) is 49.6. The van der Waals surface area contributed by atoms with Gasteiger partial charge in [0.25, 0.3) is 0 Å². The van der Waals surface area contributed by atoms with Crippen LogP contribution in [0.1, 0.15) is 129 Å². The zero-order chi connectivity index (χ0) is 49.7. The van der Waals surface area contributed by atoms with Gasteiger partial charge in [-0.3, -0.25) is 9.55 Å². The smallest absolute Gasteiger partial charge is 0.148 e. The Labute approximate surface area is 436 Å². The quantitative estimate of drug-likeness (QED) is 0.162. The molecule has 2 heterocycles. The van der Waals surface area contributed by atoms with Gasteiger partial charge in [-0.1, -0.05) is 216 Å². The van der Waals surface area contributed by atoms with Gasteiger partial charge in [0, 0.05) is 60.5 Å². The number of hydrogen-bond acceptors (Lipinski definition) is 3. The number of phenolic OH excluding ortho intramolecular Hbond substituents is 1. The number of nitrogens with zero attached hydrogens (tertiary/aromatic N) is 3. The van der Waals surface area contributed by atoms with Crippen LogP contribution in [-0.4, -0.2) is 19.6 Å². The van der Waals surface area contributed by atoms with Crippen molar-refractivity contribution >= 4 is 11.0 Å². The minimum absolute atomic E-state index is 0. The van der Waals surface area contributed by atoms with Crippen LogP contribution < -0.4 is 0 Å². The molecule has 1 N–H and O–H groups in total. The van der Waals surface area contributed by atoms with E-state index >= 15 is 0 Å². The van der Waals surface area contributed by atoms with E-state index in [0.29, 0.717) is 11.4 Å². The Bertz CT molecular complexity index is 3480. The van der Waals surface area contributed by atoms with Crippen molar-refractivity contribution in [3.63, 3.8) is 0 Å². The molecule has 0 bridgehead atoms. The number of fused-ring (bicyclic) bond motifs is 4. The third kappa shape index (κ3) is 8.71. The summed E-state index contributed by atoms with van der Waals surface area (Å²) < 4.78 is 2.29. The van der Waals surface area contributed by atoms with Gasteiger partial charge in [0.05, 0.1) is 22.3 Å². The molecule has 5 heteroatoms. The van der Waals surface area contributed by atoms with Gasteiger partial charge < -0.3 is 5.11 Å². The first-order chi connectivity index (χ1) is 33.0. The van der Waals surface area contributed by atoms with Crippen molar-refractivity contribution in [3.05, 3.63) is 203 Å². The van der Waals surface area contributed by atoms with Crippen molar-refractivity contribution in [2.24, 2.45) is 0 Å². The summed E-state index contributed by atoms with van der Waals surface area (Å²) >= 11 is 0. The van der Waals surface area contributed by atoms with Gasteiger partial charge >= 0.3 is 0 Å². The molecule has 0 spiro atoms. The van der Waals surface area contributed by atoms with Gasteiger partial charge in [0.1, 0.15) is 11.6 Å². The molecule has 71 heavy (non-hydrogen) atoms. The van der Waals surface area contributed by atoms with E-state index in [9.17, 15) is 5.11 Å². The molecule has 1 aliphatic rings. The minimum Gasteiger partial charge on any atom is -0.507 e. The first-order valence-electron chi connectivity index (χ1n) is 24.9. The molecule has 0 unspecified atom stereocenters. The Balaban J connectivity index is 0.00000624. The summed E-state index contributed by atoms with van der Waals surface area (Å²) in [4.78, 5) is 11.0. The van der Waals surface area contributed by atoms with Crippen LogP contribution >= 0.6 is 0 Å². The molecule has 0 atom stereocenters. The second-order valence-electron chi connectivity index (χ2n) is 23.7. The molecule has 1 aliphatic carbocycles. The molecule has 9 aromatic rings. The number of aromatic nitrogens is 3. The number of phenols is 1. The molecule has 0 aliphatic heterocycles. The van der Waals surface area contributed by atoms with Crippen molar-refractivity contribution in [2.45, 2.75) is 117 Å². The third-order valence-electron chi connectivity index (χ3n) is 15.0. The Kier molecular flexibility index (Phi) is 12.4. The Morgan fingerprint density at radius 1 is 0.507 bits per heavy atom. The van der Waals surface area contributed by atoms with Gasteiger partial charge in [-0.2, -0.15) is 0 Å². The summed E-state index contributed by atoms with van der Waals surface area (Å²) in [5, 5.41) is 12.7. The summed E-state index contributed by atoms with van der Waals surface area (Å²) in [5.74, 6) is 0.930. The van der Waals surface area contributed by atoms with Crippen molar-refractivity contribution in [2.75, 3.05) is 0 Å². The van der Waals surface area contributed by atoms with Gasteiger partial charge in [-0.25, -0.2) is 4.98 Å². The molecule has 0 radical (unpaired) electrons. The van der Waals surface area contributed by atoms with Crippen molar-refractivity contribution in [3.8, 4) is 67.5 Å². The molecule has 7 aromatic carbocycles. The maximum Gasteiger partial charge on any atom is 0.148 e. The molecule has 2 aromatic heterocycles. The van der Waals surface area contributed by atoms with Crippen LogP contribution in [0, 0.1) is 6.07 Å². The van der Waals surface area contributed by atoms with Crippen LogP contribution in [0.3, 0.4) is 0 Å². The molecule has 0 saturated heterocycles. The fraction of sp³-hybridized carbons (Fsp3) is 0.273. The molecular formula is C66H66N3OPt-. The first-order valence-corrected chi connectivity index (χ1v) is 24.9. The Morgan fingerprint density at radius 3 is 1.80 bits per heavy atom. The predicted octanol–water partition coefficient (Wildman–Crippen LogP) is 17.1. The largest absolute Gasteiger partial charge is 0.507 e.